The van der Waals surface area contributed by atoms with Crippen molar-refractivity contribution in [3.05, 3.63) is 6.33 Å². The lowest BCUT2D eigenvalue weighted by atomic mass is 10.5. The number of aryl methyl sites for hydroxylation is 1. The lowest BCUT2D eigenvalue weighted by molar-refractivity contribution is 0.129. The zero-order valence-corrected chi connectivity index (χ0v) is 11.1. The zero-order valence-electron chi connectivity index (χ0n) is 10.3. The van der Waals surface area contributed by atoms with Gasteiger partial charge in [0.05, 0.1) is 12.9 Å². The summed E-state index contributed by atoms with van der Waals surface area (Å²) in [5, 5.41) is -0.00954. The first-order valence-electron chi connectivity index (χ1n) is 5.85. The van der Waals surface area contributed by atoms with Crippen LogP contribution < -0.4 is 10.5 Å². The molecule has 1 heterocycles. The molecule has 1 saturated carbocycles. The van der Waals surface area contributed by atoms with E-state index in [1.165, 1.54) is 23.7 Å². The van der Waals surface area contributed by atoms with Crippen LogP contribution in [0.3, 0.4) is 0 Å². The highest BCUT2D eigenvalue weighted by molar-refractivity contribution is 7.89. The molecule has 0 aromatic carbocycles. The van der Waals surface area contributed by atoms with Gasteiger partial charge in [-0.3, -0.25) is 0 Å². The van der Waals surface area contributed by atoms with Gasteiger partial charge in [0.15, 0.2) is 10.8 Å². The number of nitrogen functional groups attached to an aromatic ring is 1. The van der Waals surface area contributed by atoms with Crippen molar-refractivity contribution in [3.8, 4) is 0 Å². The highest BCUT2D eigenvalue weighted by atomic mass is 32.2. The van der Waals surface area contributed by atoms with Gasteiger partial charge in [0.25, 0.3) is 10.0 Å². The van der Waals surface area contributed by atoms with E-state index in [0.717, 1.165) is 6.61 Å². The summed E-state index contributed by atoms with van der Waals surface area (Å²) in [6, 6.07) is 0. The molecule has 1 aromatic heterocycles. The maximum absolute atomic E-state index is 11.9. The number of rotatable bonds is 7. The lowest BCUT2D eigenvalue weighted by Crippen LogP contribution is -2.29. The van der Waals surface area contributed by atoms with Crippen molar-refractivity contribution in [2.24, 2.45) is 13.0 Å². The molecule has 1 aromatic rings. The van der Waals surface area contributed by atoms with E-state index in [-0.39, 0.29) is 17.4 Å². The molecule has 0 aliphatic heterocycles. The molecule has 0 amide bonds. The molecule has 8 heteroatoms. The molecule has 7 nitrogen and oxygen atoms in total. The summed E-state index contributed by atoms with van der Waals surface area (Å²) in [4.78, 5) is 3.75. The number of aromatic nitrogens is 2. The third-order valence-electron chi connectivity index (χ3n) is 2.75. The molecule has 0 radical (unpaired) electrons. The van der Waals surface area contributed by atoms with Gasteiger partial charge in [-0.1, -0.05) is 0 Å². The van der Waals surface area contributed by atoms with Crippen molar-refractivity contribution in [2.45, 2.75) is 17.9 Å². The molecule has 18 heavy (non-hydrogen) atoms. The van der Waals surface area contributed by atoms with Crippen molar-refractivity contribution >= 4 is 15.8 Å². The van der Waals surface area contributed by atoms with Crippen LogP contribution in [0.25, 0.3) is 0 Å². The SMILES string of the molecule is Cn1cnc(N)c1S(=O)(=O)NCCOCC1CC1. The van der Waals surface area contributed by atoms with Crippen LogP contribution in [-0.2, 0) is 21.8 Å². The van der Waals surface area contributed by atoms with Crippen LogP contribution in [0.2, 0.25) is 0 Å². The van der Waals surface area contributed by atoms with Gasteiger partial charge in [0.2, 0.25) is 0 Å². The van der Waals surface area contributed by atoms with E-state index in [2.05, 4.69) is 9.71 Å². The minimum Gasteiger partial charge on any atom is -0.381 e. The second-order valence-electron chi connectivity index (χ2n) is 4.46. The monoisotopic (exact) mass is 274 g/mol. The van der Waals surface area contributed by atoms with Gasteiger partial charge in [0, 0.05) is 20.2 Å². The molecule has 1 fully saturated rings. The van der Waals surface area contributed by atoms with E-state index in [9.17, 15) is 8.42 Å². The van der Waals surface area contributed by atoms with Gasteiger partial charge in [0.1, 0.15) is 0 Å². The second-order valence-corrected chi connectivity index (χ2v) is 6.14. The molecule has 0 atom stereocenters. The zero-order chi connectivity index (χ0) is 13.2. The largest absolute Gasteiger partial charge is 0.381 e. The normalized spacial score (nSPS) is 16.1. The molecule has 1 aliphatic rings. The Morgan fingerprint density at radius 2 is 2.33 bits per heavy atom. The molecule has 0 spiro atoms. The van der Waals surface area contributed by atoms with Crippen LogP contribution >= 0.6 is 0 Å². The maximum atomic E-state index is 11.9. The predicted molar refractivity (Wildman–Crippen MR) is 66.4 cm³/mol. The first-order chi connectivity index (χ1) is 8.50. The Balaban J connectivity index is 1.83. The van der Waals surface area contributed by atoms with E-state index in [0.29, 0.717) is 12.5 Å². The number of ether oxygens (including phenoxy) is 1. The number of sulfonamides is 1. The van der Waals surface area contributed by atoms with Crippen LogP contribution in [0.4, 0.5) is 5.82 Å². The third-order valence-corrected chi connectivity index (χ3v) is 4.34. The van der Waals surface area contributed by atoms with Crippen molar-refractivity contribution in [1.82, 2.24) is 14.3 Å². The molecule has 0 unspecified atom stereocenters. The molecule has 0 bridgehead atoms. The summed E-state index contributed by atoms with van der Waals surface area (Å²) in [7, 11) is -2.03. The number of anilines is 1. The van der Waals surface area contributed by atoms with Gasteiger partial charge in [-0.15, -0.1) is 0 Å². The fraction of sp³-hybridized carbons (Fsp3) is 0.700. The minimum atomic E-state index is -3.62. The number of hydrogen-bond acceptors (Lipinski definition) is 5. The van der Waals surface area contributed by atoms with Crippen molar-refractivity contribution < 1.29 is 13.2 Å². The fourth-order valence-corrected chi connectivity index (χ4v) is 2.86. The lowest BCUT2D eigenvalue weighted by Gasteiger charge is -2.08. The first kappa shape index (κ1) is 13.3. The summed E-state index contributed by atoms with van der Waals surface area (Å²) >= 11 is 0. The molecular weight excluding hydrogens is 256 g/mol. The Hall–Kier alpha value is -1.12. The summed E-state index contributed by atoms with van der Waals surface area (Å²) in [5.41, 5.74) is 5.52. The Labute approximate surface area is 106 Å². The minimum absolute atomic E-state index is 0.00361. The molecule has 0 saturated heterocycles. The van der Waals surface area contributed by atoms with E-state index in [4.69, 9.17) is 10.5 Å². The van der Waals surface area contributed by atoms with E-state index in [1.54, 1.807) is 7.05 Å². The number of nitrogens with zero attached hydrogens (tertiary/aromatic N) is 2. The molecule has 2 rings (SSSR count). The Bertz CT molecular complexity index is 488. The van der Waals surface area contributed by atoms with E-state index in [1.807, 2.05) is 0 Å². The van der Waals surface area contributed by atoms with Crippen LogP contribution in [0.15, 0.2) is 11.4 Å². The third kappa shape index (κ3) is 3.21. The van der Waals surface area contributed by atoms with Crippen LogP contribution in [0.5, 0.6) is 0 Å². The standard InChI is InChI=1S/C10H18N4O3S/c1-14-7-12-9(11)10(14)18(15,16)13-4-5-17-6-8-2-3-8/h7-8,13H,2-6,11H2,1H3. The van der Waals surface area contributed by atoms with Crippen LogP contribution in [0.1, 0.15) is 12.8 Å². The van der Waals surface area contributed by atoms with E-state index >= 15 is 0 Å². The van der Waals surface area contributed by atoms with Gasteiger partial charge in [-0.25, -0.2) is 18.1 Å². The average molecular weight is 274 g/mol. The van der Waals surface area contributed by atoms with Gasteiger partial charge in [-0.2, -0.15) is 0 Å². The fourth-order valence-electron chi connectivity index (χ4n) is 1.62. The Morgan fingerprint density at radius 1 is 1.61 bits per heavy atom. The van der Waals surface area contributed by atoms with E-state index < -0.39 is 10.0 Å². The quantitative estimate of drug-likeness (QED) is 0.665. The van der Waals surface area contributed by atoms with Gasteiger partial charge >= 0.3 is 0 Å². The van der Waals surface area contributed by atoms with Gasteiger partial charge in [-0.05, 0) is 18.8 Å². The predicted octanol–water partition coefficient (Wildman–Crippen LogP) is -0.293. The molecule has 3 N–H and O–H groups in total. The number of imidazole rings is 1. The number of nitrogens with two attached hydrogens (primary N) is 1. The number of hydrogen-bond donors (Lipinski definition) is 2. The van der Waals surface area contributed by atoms with Crippen LogP contribution in [0, 0.1) is 5.92 Å². The summed E-state index contributed by atoms with van der Waals surface area (Å²) in [5.74, 6) is 0.679. The molecular formula is C10H18N4O3S. The summed E-state index contributed by atoms with van der Waals surface area (Å²) < 4.78 is 33.0. The molecule has 102 valence electrons. The van der Waals surface area contributed by atoms with Crippen molar-refractivity contribution in [2.75, 3.05) is 25.5 Å². The average Bonchev–Trinajstić information content (AvgIpc) is 3.04. The molecule has 1 aliphatic carbocycles. The smallest absolute Gasteiger partial charge is 0.260 e. The number of nitrogens with one attached hydrogen (secondary N) is 1. The van der Waals surface area contributed by atoms with Crippen molar-refractivity contribution in [3.63, 3.8) is 0 Å². The summed E-state index contributed by atoms with van der Waals surface area (Å²) in [6.45, 7) is 1.32. The summed E-state index contributed by atoms with van der Waals surface area (Å²) in [6.07, 6.45) is 3.81. The second kappa shape index (κ2) is 5.25. The first-order valence-corrected chi connectivity index (χ1v) is 7.33. The highest BCUT2D eigenvalue weighted by Crippen LogP contribution is 2.28. The van der Waals surface area contributed by atoms with Crippen molar-refractivity contribution in [1.29, 1.82) is 0 Å². The topological polar surface area (TPSA) is 99.2 Å². The Morgan fingerprint density at radius 3 is 2.89 bits per heavy atom. The highest BCUT2D eigenvalue weighted by Gasteiger charge is 2.23. The van der Waals surface area contributed by atoms with Crippen LogP contribution in [-0.4, -0.2) is 37.7 Å². The van der Waals surface area contributed by atoms with Gasteiger partial charge < -0.3 is 15.0 Å². The maximum Gasteiger partial charge on any atom is 0.260 e. The Kier molecular flexibility index (Phi) is 3.88.